The molecule has 4 N–H and O–H groups in total. The van der Waals surface area contributed by atoms with E-state index in [1.165, 1.54) is 30.3 Å². The first-order chi connectivity index (χ1) is 17.5. The van der Waals surface area contributed by atoms with Crippen molar-refractivity contribution in [3.8, 4) is 11.3 Å². The summed E-state index contributed by atoms with van der Waals surface area (Å²) in [4.78, 5) is 22.3. The molecule has 1 aliphatic rings. The van der Waals surface area contributed by atoms with Crippen LogP contribution in [0.15, 0.2) is 57.2 Å². The Kier molecular flexibility index (Phi) is 7.04. The van der Waals surface area contributed by atoms with Crippen molar-refractivity contribution in [2.75, 3.05) is 29.5 Å². The quantitative estimate of drug-likeness (QED) is 0.187. The van der Waals surface area contributed by atoms with Crippen LogP contribution in [0.25, 0.3) is 11.3 Å². The smallest absolute Gasteiger partial charge is 0.378 e. The summed E-state index contributed by atoms with van der Waals surface area (Å²) in [7, 11) is 0. The number of halogens is 5. The van der Waals surface area contributed by atoms with Crippen molar-refractivity contribution in [2.24, 2.45) is 20.7 Å². The summed E-state index contributed by atoms with van der Waals surface area (Å²) in [5.41, 5.74) is 1.46. The maximum atomic E-state index is 14.1. The lowest BCUT2D eigenvalue weighted by Gasteiger charge is -2.25. The van der Waals surface area contributed by atoms with E-state index in [0.29, 0.717) is 0 Å². The van der Waals surface area contributed by atoms with Crippen LogP contribution in [0.4, 0.5) is 36.4 Å². The number of nitrogens with zero attached hydrogens (tertiary/aromatic N) is 8. The molecule has 0 saturated heterocycles. The Morgan fingerprint density at radius 3 is 2.38 bits per heavy atom. The lowest BCUT2D eigenvalue weighted by molar-refractivity contribution is -0.384. The molecule has 1 aromatic carbocycles. The second kappa shape index (κ2) is 10.1. The van der Waals surface area contributed by atoms with E-state index in [9.17, 15) is 23.3 Å². The van der Waals surface area contributed by atoms with Gasteiger partial charge in [-0.05, 0) is 34.7 Å². The fourth-order valence-corrected chi connectivity index (χ4v) is 3.76. The molecule has 0 atom stereocenters. The molecule has 0 unspecified atom stereocenters. The van der Waals surface area contributed by atoms with E-state index in [2.05, 4.69) is 46.3 Å². The number of nitro groups is 1. The molecule has 4 rings (SSSR count). The molecule has 18 heteroatoms. The Bertz CT molecular complexity index is 1410. The van der Waals surface area contributed by atoms with Crippen molar-refractivity contribution in [1.29, 1.82) is 0 Å². The molecule has 3 heterocycles. The van der Waals surface area contributed by atoms with E-state index in [1.54, 1.807) is 0 Å². The topological polar surface area (TPSA) is 181 Å². The summed E-state index contributed by atoms with van der Waals surface area (Å²) >= 11 is 12.2. The van der Waals surface area contributed by atoms with Crippen LogP contribution < -0.4 is 16.4 Å². The van der Waals surface area contributed by atoms with Crippen molar-refractivity contribution in [3.05, 3.63) is 62.3 Å². The normalized spacial score (nSPS) is 14.1. The van der Waals surface area contributed by atoms with E-state index in [-0.39, 0.29) is 57.7 Å². The zero-order valence-electron chi connectivity index (χ0n) is 18.2. The van der Waals surface area contributed by atoms with Crippen molar-refractivity contribution in [1.82, 2.24) is 15.0 Å². The molecule has 0 spiro atoms. The highest BCUT2D eigenvalue weighted by Crippen LogP contribution is 2.49. The lowest BCUT2D eigenvalue weighted by atomic mass is 9.96. The van der Waals surface area contributed by atoms with Gasteiger partial charge in [0.2, 0.25) is 11.8 Å². The van der Waals surface area contributed by atoms with Crippen LogP contribution in [-0.4, -0.2) is 39.1 Å². The van der Waals surface area contributed by atoms with Crippen LogP contribution in [0.2, 0.25) is 10.0 Å². The second-order valence-electron chi connectivity index (χ2n) is 7.34. The molecule has 3 aromatic rings. The standard InChI is InChI=1S/C19H14Cl2F3N11O2/c20-9-1-2-10(12(21)7-9)15-11(18(19(22,23)24)31-33-34-32-18)8-28-17(30-15)27-6-5-26-14-4-3-13(35(36)37)16(25)29-14/h1-4,7-8H,5-6H2,(H3,25,26,29)(H,27,28,30). The van der Waals surface area contributed by atoms with Crippen LogP contribution in [0.5, 0.6) is 0 Å². The molecule has 0 fully saturated rings. The summed E-state index contributed by atoms with van der Waals surface area (Å²) in [6.07, 6.45) is -4.09. The molecule has 1 aliphatic heterocycles. The van der Waals surface area contributed by atoms with Gasteiger partial charge in [-0.3, -0.25) is 10.1 Å². The van der Waals surface area contributed by atoms with E-state index in [1.807, 2.05) is 0 Å². The fourth-order valence-electron chi connectivity index (χ4n) is 3.26. The molecular weight excluding hydrogens is 542 g/mol. The molecule has 0 radical (unpaired) electrons. The van der Waals surface area contributed by atoms with Crippen molar-refractivity contribution in [2.45, 2.75) is 11.8 Å². The molecular formula is C19H14Cl2F3N11O2. The zero-order valence-corrected chi connectivity index (χ0v) is 19.8. The molecule has 0 saturated carbocycles. The average Bonchev–Trinajstić information content (AvgIpc) is 3.33. The Morgan fingerprint density at radius 1 is 1.05 bits per heavy atom. The monoisotopic (exact) mass is 555 g/mol. The van der Waals surface area contributed by atoms with Gasteiger partial charge in [0.15, 0.2) is 0 Å². The number of aromatic nitrogens is 3. The Labute approximate surface area is 215 Å². The predicted molar refractivity (Wildman–Crippen MR) is 127 cm³/mol. The Balaban J connectivity index is 1.60. The summed E-state index contributed by atoms with van der Waals surface area (Å²) < 4.78 is 42.2. The molecule has 37 heavy (non-hydrogen) atoms. The summed E-state index contributed by atoms with van der Waals surface area (Å²) in [6, 6.07) is 6.77. The minimum absolute atomic E-state index is 0.0334. The number of anilines is 3. The van der Waals surface area contributed by atoms with Gasteiger partial charge < -0.3 is 16.4 Å². The van der Waals surface area contributed by atoms with Crippen molar-refractivity contribution < 1.29 is 18.1 Å². The molecule has 0 amide bonds. The van der Waals surface area contributed by atoms with E-state index >= 15 is 0 Å². The van der Waals surface area contributed by atoms with Crippen LogP contribution in [0, 0.1) is 10.1 Å². The van der Waals surface area contributed by atoms with Crippen molar-refractivity contribution >= 4 is 46.5 Å². The highest BCUT2D eigenvalue weighted by molar-refractivity contribution is 6.36. The number of nitrogens with one attached hydrogen (secondary N) is 2. The van der Waals surface area contributed by atoms with E-state index in [4.69, 9.17) is 28.9 Å². The number of nitrogens with two attached hydrogens (primary N) is 1. The molecule has 13 nitrogen and oxygen atoms in total. The lowest BCUT2D eigenvalue weighted by Crippen LogP contribution is -2.38. The molecule has 192 valence electrons. The number of rotatable bonds is 8. The third-order valence-electron chi connectivity index (χ3n) is 4.98. The van der Waals surface area contributed by atoms with Gasteiger partial charge in [-0.25, -0.2) is 15.0 Å². The minimum atomic E-state index is -5.01. The predicted octanol–water partition coefficient (Wildman–Crippen LogP) is 5.41. The van der Waals surface area contributed by atoms with Crippen molar-refractivity contribution in [3.63, 3.8) is 0 Å². The first-order valence-electron chi connectivity index (χ1n) is 10.1. The number of nitrogen functional groups attached to an aromatic ring is 1. The highest BCUT2D eigenvalue weighted by atomic mass is 35.5. The summed E-state index contributed by atoms with van der Waals surface area (Å²) in [6.45, 7) is 0.400. The average molecular weight is 556 g/mol. The first-order valence-corrected chi connectivity index (χ1v) is 10.9. The SMILES string of the molecule is Nc1nc(NCCNc2ncc(C3(C(F)(F)F)N=NN=N3)c(-c3ccc(Cl)cc3Cl)n2)ccc1[N+](=O)[O-]. The molecule has 2 aromatic heterocycles. The maximum absolute atomic E-state index is 14.1. The number of alkyl halides is 3. The van der Waals surface area contributed by atoms with Gasteiger partial charge >= 0.3 is 17.5 Å². The summed E-state index contributed by atoms with van der Waals surface area (Å²) in [5.74, 6) is -0.0167. The van der Waals surface area contributed by atoms with E-state index in [0.717, 1.165) is 6.20 Å². The first kappa shape index (κ1) is 25.9. The zero-order chi connectivity index (χ0) is 26.8. The Morgan fingerprint density at radius 2 is 1.76 bits per heavy atom. The van der Waals surface area contributed by atoms with Crippen LogP contribution >= 0.6 is 23.2 Å². The van der Waals surface area contributed by atoms with Gasteiger partial charge in [-0.15, -0.1) is 10.2 Å². The minimum Gasteiger partial charge on any atom is -0.378 e. The largest absolute Gasteiger partial charge is 0.442 e. The van der Waals surface area contributed by atoms with Gasteiger partial charge in [0.1, 0.15) is 5.82 Å². The van der Waals surface area contributed by atoms with Gasteiger partial charge in [0.05, 0.1) is 21.2 Å². The van der Waals surface area contributed by atoms with Crippen LogP contribution in [-0.2, 0) is 5.66 Å². The maximum Gasteiger partial charge on any atom is 0.442 e. The van der Waals surface area contributed by atoms with Gasteiger partial charge in [-0.2, -0.15) is 13.2 Å². The summed E-state index contributed by atoms with van der Waals surface area (Å²) in [5, 5.41) is 29.5. The number of hydrogen-bond acceptors (Lipinski definition) is 12. The van der Waals surface area contributed by atoms with Gasteiger partial charge in [0.25, 0.3) is 0 Å². The van der Waals surface area contributed by atoms with Crippen LogP contribution in [0.3, 0.4) is 0 Å². The Hall–Kier alpha value is -4.18. The molecule has 0 aliphatic carbocycles. The van der Waals surface area contributed by atoms with Gasteiger partial charge in [-0.1, -0.05) is 23.2 Å². The second-order valence-corrected chi connectivity index (χ2v) is 8.18. The van der Waals surface area contributed by atoms with E-state index < -0.39 is 22.3 Å². The molecule has 0 bridgehead atoms. The third kappa shape index (κ3) is 5.19. The highest BCUT2D eigenvalue weighted by Gasteiger charge is 2.61. The van der Waals surface area contributed by atoms with Gasteiger partial charge in [0, 0.05) is 35.9 Å². The van der Waals surface area contributed by atoms with Crippen LogP contribution in [0.1, 0.15) is 5.56 Å². The third-order valence-corrected chi connectivity index (χ3v) is 5.53. The fraction of sp³-hybridized carbons (Fsp3) is 0.211. The number of pyridine rings is 1. The number of benzene rings is 1. The number of hydrogen-bond donors (Lipinski definition) is 3.